The number of rotatable bonds is 10. The molecule has 0 spiro atoms. The van der Waals surface area contributed by atoms with E-state index in [0.29, 0.717) is 21.9 Å². The monoisotopic (exact) mass is 603 g/mol. The number of para-hydroxylation sites is 1. The average molecular weight is 604 g/mol. The highest BCUT2D eigenvalue weighted by Gasteiger charge is 2.21. The van der Waals surface area contributed by atoms with Crippen LogP contribution >= 0.6 is 11.3 Å². The normalized spacial score (nSPS) is 14.7. The van der Waals surface area contributed by atoms with Gasteiger partial charge < -0.3 is 9.47 Å². The summed E-state index contributed by atoms with van der Waals surface area (Å²) in [6, 6.07) is 23.9. The van der Waals surface area contributed by atoms with E-state index >= 15 is 0 Å². The maximum Gasteiger partial charge on any atom is 0.291 e. The van der Waals surface area contributed by atoms with Crippen molar-refractivity contribution in [3.05, 3.63) is 105 Å². The maximum absolute atomic E-state index is 13.5. The van der Waals surface area contributed by atoms with Crippen LogP contribution in [-0.4, -0.2) is 37.1 Å². The molecule has 0 radical (unpaired) electrons. The lowest BCUT2D eigenvalue weighted by molar-refractivity contribution is 0.254. The van der Waals surface area contributed by atoms with Gasteiger partial charge in [-0.2, -0.15) is 14.6 Å². The van der Waals surface area contributed by atoms with Gasteiger partial charge in [-0.1, -0.05) is 55.7 Å². The van der Waals surface area contributed by atoms with Gasteiger partial charge in [-0.3, -0.25) is 4.79 Å². The molecule has 4 heterocycles. The molecule has 0 bridgehead atoms. The molecular weight excluding hydrogens is 570 g/mol. The fourth-order valence-corrected chi connectivity index (χ4v) is 6.41. The summed E-state index contributed by atoms with van der Waals surface area (Å²) >= 11 is 1.32. The van der Waals surface area contributed by atoms with Crippen molar-refractivity contribution in [1.82, 2.24) is 24.4 Å². The van der Waals surface area contributed by atoms with Gasteiger partial charge in [-0.15, -0.1) is 5.10 Å². The molecule has 0 saturated heterocycles. The molecule has 44 heavy (non-hydrogen) atoms. The summed E-state index contributed by atoms with van der Waals surface area (Å²) in [6.45, 7) is 4.99. The summed E-state index contributed by atoms with van der Waals surface area (Å²) in [5.41, 5.74) is 5.35. The summed E-state index contributed by atoms with van der Waals surface area (Å²) in [5, 5.41) is 9.51. The van der Waals surface area contributed by atoms with Gasteiger partial charge in [0.05, 0.1) is 16.8 Å². The molecule has 3 aromatic heterocycles. The number of nitrogens with zero attached hydrogens (tertiary/aromatic N) is 5. The van der Waals surface area contributed by atoms with Crippen molar-refractivity contribution in [3.63, 3.8) is 0 Å². The van der Waals surface area contributed by atoms with Crippen LogP contribution in [0.25, 0.3) is 39.4 Å². The Balaban J connectivity index is 1.20. The largest absolute Gasteiger partial charge is 0.494 e. The first-order chi connectivity index (χ1) is 21.6. The van der Waals surface area contributed by atoms with E-state index < -0.39 is 0 Å². The molecule has 1 unspecified atom stereocenters. The van der Waals surface area contributed by atoms with Crippen molar-refractivity contribution in [3.8, 4) is 39.8 Å². The van der Waals surface area contributed by atoms with Gasteiger partial charge >= 0.3 is 0 Å². The molecule has 9 heteroatoms. The summed E-state index contributed by atoms with van der Waals surface area (Å²) < 4.78 is 15.6. The first-order valence-corrected chi connectivity index (χ1v) is 16.0. The second-order valence-corrected chi connectivity index (χ2v) is 12.2. The Hall–Kier alpha value is -4.76. The van der Waals surface area contributed by atoms with Gasteiger partial charge in [0.25, 0.3) is 5.56 Å². The smallest absolute Gasteiger partial charge is 0.291 e. The second-order valence-electron chi connectivity index (χ2n) is 11.1. The Kier molecular flexibility index (Phi) is 7.70. The van der Waals surface area contributed by atoms with Crippen LogP contribution in [0.1, 0.15) is 50.7 Å². The third kappa shape index (κ3) is 5.63. The lowest BCUT2D eigenvalue weighted by Crippen LogP contribution is -2.23. The van der Waals surface area contributed by atoms with Gasteiger partial charge in [0.2, 0.25) is 4.96 Å². The predicted octanol–water partition coefficient (Wildman–Crippen LogP) is 6.50. The number of aromatic nitrogens is 5. The molecule has 1 aliphatic heterocycles. The number of ether oxygens (including phenoxy) is 2. The fraction of sp³-hybridized carbons (Fsp3) is 0.257. The molecule has 6 aromatic rings. The van der Waals surface area contributed by atoms with Gasteiger partial charge in [-0.25, -0.2) is 4.68 Å². The topological polar surface area (TPSA) is 83.5 Å². The molecule has 8 nitrogen and oxygen atoms in total. The molecule has 0 fully saturated rings. The van der Waals surface area contributed by atoms with Crippen LogP contribution in [0.3, 0.4) is 0 Å². The number of hydrogen-bond donors (Lipinski definition) is 0. The van der Waals surface area contributed by atoms with Crippen molar-refractivity contribution in [1.29, 1.82) is 0 Å². The number of fused-ring (bicyclic) bond motifs is 2. The van der Waals surface area contributed by atoms with E-state index in [0.717, 1.165) is 58.0 Å². The van der Waals surface area contributed by atoms with E-state index in [1.165, 1.54) is 35.1 Å². The molecule has 3 aromatic carbocycles. The quantitative estimate of drug-likeness (QED) is 0.166. The van der Waals surface area contributed by atoms with E-state index in [2.05, 4.69) is 30.0 Å². The van der Waals surface area contributed by atoms with E-state index in [1.54, 1.807) is 0 Å². The average Bonchev–Trinajstić information content (AvgIpc) is 3.81. The first kappa shape index (κ1) is 28.0. The zero-order valence-electron chi connectivity index (χ0n) is 24.8. The Bertz CT molecular complexity index is 2030. The highest BCUT2D eigenvalue weighted by Crippen LogP contribution is 2.34. The number of hydrogen-bond acceptors (Lipinski definition) is 7. The molecule has 0 aliphatic carbocycles. The van der Waals surface area contributed by atoms with Crippen LogP contribution < -0.4 is 19.6 Å². The minimum atomic E-state index is -0.203. The zero-order valence-corrected chi connectivity index (χ0v) is 25.6. The standard InChI is InChI=1S/C35H33N5O3S/c1-3-4-5-9-18-42-29-15-12-24(13-16-29)33-36-35-40(38-33)34(41)31(44-35)21-27-22-39(28-10-7-6-8-11-28)37-32(27)25-14-17-30-26(20-25)19-23(2)43-30/h6-8,10-17,20-23H,3-5,9,18-19H2,1-2H3. The Labute approximate surface area is 259 Å². The number of thiazole rings is 1. The minimum absolute atomic E-state index is 0.155. The highest BCUT2D eigenvalue weighted by atomic mass is 32.1. The van der Waals surface area contributed by atoms with Crippen LogP contribution in [0.15, 0.2) is 83.8 Å². The van der Waals surface area contributed by atoms with Crippen LogP contribution in [0.2, 0.25) is 0 Å². The number of benzene rings is 3. The van der Waals surface area contributed by atoms with Crippen molar-refractivity contribution in [2.45, 2.75) is 52.1 Å². The highest BCUT2D eigenvalue weighted by molar-refractivity contribution is 7.15. The Morgan fingerprint density at radius 3 is 2.61 bits per heavy atom. The predicted molar refractivity (Wildman–Crippen MR) is 174 cm³/mol. The van der Waals surface area contributed by atoms with Gasteiger partial charge in [-0.05, 0) is 79.6 Å². The van der Waals surface area contributed by atoms with Crippen molar-refractivity contribution >= 4 is 22.4 Å². The van der Waals surface area contributed by atoms with Gasteiger partial charge in [0.1, 0.15) is 23.3 Å². The van der Waals surface area contributed by atoms with E-state index in [9.17, 15) is 4.79 Å². The Morgan fingerprint density at radius 2 is 1.82 bits per heavy atom. The molecule has 0 N–H and O–H groups in total. The van der Waals surface area contributed by atoms with Crippen molar-refractivity contribution in [2.24, 2.45) is 0 Å². The van der Waals surface area contributed by atoms with Crippen LogP contribution in [0.4, 0.5) is 0 Å². The van der Waals surface area contributed by atoms with Crippen molar-refractivity contribution in [2.75, 3.05) is 6.61 Å². The molecule has 0 saturated carbocycles. The minimum Gasteiger partial charge on any atom is -0.494 e. The van der Waals surface area contributed by atoms with Gasteiger partial charge in [0, 0.05) is 29.3 Å². The van der Waals surface area contributed by atoms with E-state index in [-0.39, 0.29) is 11.7 Å². The fourth-order valence-electron chi connectivity index (χ4n) is 5.52. The molecule has 1 aliphatic rings. The molecular formula is C35H33N5O3S. The van der Waals surface area contributed by atoms with Crippen LogP contribution in [-0.2, 0) is 6.42 Å². The van der Waals surface area contributed by atoms with Crippen molar-refractivity contribution < 1.29 is 9.47 Å². The summed E-state index contributed by atoms with van der Waals surface area (Å²) in [5.74, 6) is 2.26. The van der Waals surface area contributed by atoms with Gasteiger partial charge in [0.15, 0.2) is 5.82 Å². The third-order valence-electron chi connectivity index (χ3n) is 7.78. The Morgan fingerprint density at radius 1 is 1.00 bits per heavy atom. The van der Waals surface area contributed by atoms with E-state index in [4.69, 9.17) is 14.6 Å². The number of unbranched alkanes of at least 4 members (excludes halogenated alkanes) is 3. The van der Waals surface area contributed by atoms with Crippen LogP contribution in [0, 0.1) is 0 Å². The first-order valence-electron chi connectivity index (χ1n) is 15.2. The van der Waals surface area contributed by atoms with E-state index in [1.807, 2.05) is 83.7 Å². The second kappa shape index (κ2) is 12.1. The molecule has 0 amide bonds. The lowest BCUT2D eigenvalue weighted by atomic mass is 10.0. The maximum atomic E-state index is 13.5. The van der Waals surface area contributed by atoms with Crippen LogP contribution in [0.5, 0.6) is 11.5 Å². The zero-order chi connectivity index (χ0) is 30.0. The lowest BCUT2D eigenvalue weighted by Gasteiger charge is -2.06. The summed E-state index contributed by atoms with van der Waals surface area (Å²) in [7, 11) is 0. The molecule has 1 atom stereocenters. The SMILES string of the molecule is CCCCCCOc1ccc(-c2nc3sc(=Cc4cn(-c5ccccc5)nc4-c4ccc5c(c4)CC(C)O5)c(=O)n3n2)cc1. The molecule has 222 valence electrons. The third-order valence-corrected chi connectivity index (χ3v) is 8.74. The summed E-state index contributed by atoms with van der Waals surface area (Å²) in [4.78, 5) is 18.8. The summed E-state index contributed by atoms with van der Waals surface area (Å²) in [6.07, 6.45) is 9.54. The molecule has 7 rings (SSSR count).